The Kier molecular flexibility index (Phi) is 3.33. The lowest BCUT2D eigenvalue weighted by Crippen LogP contribution is -2.58. The Morgan fingerprint density at radius 3 is 2.00 bits per heavy atom. The number of ether oxygens (including phenoxy) is 1. The van der Waals surface area contributed by atoms with Gasteiger partial charge in [-0.25, -0.2) is 9.59 Å². The third-order valence-corrected chi connectivity index (χ3v) is 4.38. The molecule has 2 aliphatic rings. The van der Waals surface area contributed by atoms with E-state index in [-0.39, 0.29) is 16.5 Å². The van der Waals surface area contributed by atoms with E-state index in [1.807, 2.05) is 4.90 Å². The van der Waals surface area contributed by atoms with Crippen LogP contribution in [0.15, 0.2) is 18.2 Å². The molecule has 2 N–H and O–H groups in total. The highest BCUT2D eigenvalue weighted by molar-refractivity contribution is 5.95. The maximum Gasteiger partial charge on any atom is 0.335 e. The van der Waals surface area contributed by atoms with Crippen LogP contribution >= 0.6 is 0 Å². The largest absolute Gasteiger partial charge is 0.478 e. The maximum atomic E-state index is 11.1. The lowest BCUT2D eigenvalue weighted by atomic mass is 9.73. The van der Waals surface area contributed by atoms with Crippen molar-refractivity contribution in [2.24, 2.45) is 5.41 Å². The Hall–Kier alpha value is -2.08. The van der Waals surface area contributed by atoms with Gasteiger partial charge < -0.3 is 19.8 Å². The van der Waals surface area contributed by atoms with Gasteiger partial charge in [0.2, 0.25) is 0 Å². The lowest BCUT2D eigenvalue weighted by Gasteiger charge is -2.53. The monoisotopic (exact) mass is 291 g/mol. The van der Waals surface area contributed by atoms with Gasteiger partial charge >= 0.3 is 11.9 Å². The first-order chi connectivity index (χ1) is 9.99. The molecule has 21 heavy (non-hydrogen) atoms. The molecule has 6 nitrogen and oxygen atoms in total. The first kappa shape index (κ1) is 13.9. The Balaban J connectivity index is 1.82. The first-order valence-electron chi connectivity index (χ1n) is 6.94. The van der Waals surface area contributed by atoms with Crippen molar-refractivity contribution in [2.75, 3.05) is 31.2 Å². The number of aromatic carboxylic acids is 2. The molecule has 0 bridgehead atoms. The zero-order valence-electron chi connectivity index (χ0n) is 11.5. The number of rotatable bonds is 3. The lowest BCUT2D eigenvalue weighted by molar-refractivity contribution is -0.000193. The quantitative estimate of drug-likeness (QED) is 0.881. The minimum atomic E-state index is -1.11. The van der Waals surface area contributed by atoms with Crippen molar-refractivity contribution in [2.45, 2.75) is 12.8 Å². The van der Waals surface area contributed by atoms with Gasteiger partial charge in [-0.1, -0.05) is 0 Å². The molecule has 6 heteroatoms. The minimum Gasteiger partial charge on any atom is -0.478 e. The molecular weight excluding hydrogens is 274 g/mol. The molecule has 2 aliphatic heterocycles. The predicted molar refractivity (Wildman–Crippen MR) is 75.1 cm³/mol. The fourth-order valence-corrected chi connectivity index (χ4v) is 3.11. The molecule has 3 rings (SSSR count). The predicted octanol–water partition coefficient (Wildman–Crippen LogP) is 1.70. The summed E-state index contributed by atoms with van der Waals surface area (Å²) in [5.41, 5.74) is 0.945. The molecule has 2 saturated heterocycles. The van der Waals surface area contributed by atoms with E-state index >= 15 is 0 Å². The summed E-state index contributed by atoms with van der Waals surface area (Å²) in [6, 6.07) is 4.28. The number of nitrogens with zero attached hydrogens (tertiary/aromatic N) is 1. The van der Waals surface area contributed by atoms with Gasteiger partial charge in [-0.3, -0.25) is 0 Å². The molecule has 0 amide bonds. The van der Waals surface area contributed by atoms with Crippen LogP contribution in [-0.4, -0.2) is 48.5 Å². The van der Waals surface area contributed by atoms with Gasteiger partial charge in [0, 0.05) is 37.4 Å². The Labute approximate surface area is 121 Å². The first-order valence-corrected chi connectivity index (χ1v) is 6.94. The molecule has 1 aromatic carbocycles. The molecule has 1 aromatic rings. The highest BCUT2D eigenvalue weighted by atomic mass is 16.5. The average Bonchev–Trinajstić information content (AvgIpc) is 2.45. The van der Waals surface area contributed by atoms with Crippen LogP contribution in [0.4, 0.5) is 5.69 Å². The molecule has 0 atom stereocenters. The smallest absolute Gasteiger partial charge is 0.335 e. The van der Waals surface area contributed by atoms with Crippen LogP contribution < -0.4 is 4.90 Å². The summed E-state index contributed by atoms with van der Waals surface area (Å²) in [5.74, 6) is -2.22. The Morgan fingerprint density at radius 1 is 1.00 bits per heavy atom. The fourth-order valence-electron chi connectivity index (χ4n) is 3.11. The number of carbonyl (C=O) groups is 2. The maximum absolute atomic E-state index is 11.1. The SMILES string of the molecule is O=C(O)c1cc(C(=O)O)cc(N2CC3(CCOCC3)C2)c1. The van der Waals surface area contributed by atoms with Gasteiger partial charge in [-0.05, 0) is 31.0 Å². The van der Waals surface area contributed by atoms with Crippen molar-refractivity contribution < 1.29 is 24.5 Å². The van der Waals surface area contributed by atoms with Crippen LogP contribution in [0.25, 0.3) is 0 Å². The van der Waals surface area contributed by atoms with E-state index in [1.165, 1.54) is 6.07 Å². The average molecular weight is 291 g/mol. The van der Waals surface area contributed by atoms with E-state index in [0.717, 1.165) is 39.1 Å². The summed E-state index contributed by atoms with van der Waals surface area (Å²) in [6.45, 7) is 3.20. The molecule has 0 aromatic heterocycles. The van der Waals surface area contributed by atoms with Gasteiger partial charge in [-0.2, -0.15) is 0 Å². The summed E-state index contributed by atoms with van der Waals surface area (Å²) in [6.07, 6.45) is 2.02. The molecule has 0 unspecified atom stereocenters. The Morgan fingerprint density at radius 2 is 1.52 bits per heavy atom. The zero-order chi connectivity index (χ0) is 15.0. The van der Waals surface area contributed by atoms with Crippen LogP contribution in [0.2, 0.25) is 0 Å². The van der Waals surface area contributed by atoms with Crippen molar-refractivity contribution in [1.82, 2.24) is 0 Å². The number of anilines is 1. The molecule has 2 heterocycles. The molecule has 0 aliphatic carbocycles. The highest BCUT2D eigenvalue weighted by Crippen LogP contribution is 2.42. The standard InChI is InChI=1S/C15H17NO5/c17-13(18)10-5-11(14(19)20)7-12(6-10)16-8-15(9-16)1-3-21-4-2-15/h5-7H,1-4,8-9H2,(H,17,18)(H,19,20). The summed E-state index contributed by atoms with van der Waals surface area (Å²) in [5, 5.41) is 18.2. The van der Waals surface area contributed by atoms with Crippen LogP contribution in [0.3, 0.4) is 0 Å². The van der Waals surface area contributed by atoms with Crippen molar-refractivity contribution in [3.05, 3.63) is 29.3 Å². The minimum absolute atomic E-state index is 0.0119. The second kappa shape index (κ2) is 5.04. The second-order valence-electron chi connectivity index (χ2n) is 5.85. The van der Waals surface area contributed by atoms with E-state index in [1.54, 1.807) is 12.1 Å². The van der Waals surface area contributed by atoms with Gasteiger partial charge in [0.1, 0.15) is 0 Å². The number of carboxylic acid groups (broad SMARTS) is 2. The van der Waals surface area contributed by atoms with E-state index < -0.39 is 11.9 Å². The molecule has 0 saturated carbocycles. The number of benzene rings is 1. The second-order valence-corrected chi connectivity index (χ2v) is 5.85. The van der Waals surface area contributed by atoms with Crippen molar-refractivity contribution in [1.29, 1.82) is 0 Å². The van der Waals surface area contributed by atoms with Crippen LogP contribution in [0.5, 0.6) is 0 Å². The normalized spacial score (nSPS) is 20.1. The molecule has 1 spiro atoms. The number of hydrogen-bond donors (Lipinski definition) is 2. The van der Waals surface area contributed by atoms with Crippen molar-refractivity contribution >= 4 is 17.6 Å². The van der Waals surface area contributed by atoms with E-state index in [9.17, 15) is 9.59 Å². The van der Waals surface area contributed by atoms with E-state index in [0.29, 0.717) is 5.69 Å². The third-order valence-electron chi connectivity index (χ3n) is 4.38. The summed E-state index contributed by atoms with van der Waals surface area (Å²) in [4.78, 5) is 24.3. The summed E-state index contributed by atoms with van der Waals surface area (Å²) < 4.78 is 5.37. The van der Waals surface area contributed by atoms with E-state index in [4.69, 9.17) is 14.9 Å². The number of hydrogen-bond acceptors (Lipinski definition) is 4. The fraction of sp³-hybridized carbons (Fsp3) is 0.467. The summed E-state index contributed by atoms with van der Waals surface area (Å²) in [7, 11) is 0. The summed E-state index contributed by atoms with van der Waals surface area (Å²) >= 11 is 0. The van der Waals surface area contributed by atoms with Gasteiger partial charge in [-0.15, -0.1) is 0 Å². The number of carboxylic acids is 2. The van der Waals surface area contributed by atoms with Crippen molar-refractivity contribution in [3.8, 4) is 0 Å². The molecular formula is C15H17NO5. The van der Waals surface area contributed by atoms with Crippen molar-refractivity contribution in [3.63, 3.8) is 0 Å². The third kappa shape index (κ3) is 2.58. The molecule has 2 fully saturated rings. The van der Waals surface area contributed by atoms with Crippen LogP contribution in [0, 0.1) is 5.41 Å². The molecule has 0 radical (unpaired) electrons. The van der Waals surface area contributed by atoms with Gasteiger partial charge in [0.25, 0.3) is 0 Å². The Bertz CT molecular complexity index is 551. The van der Waals surface area contributed by atoms with Crippen LogP contribution in [0.1, 0.15) is 33.6 Å². The van der Waals surface area contributed by atoms with E-state index in [2.05, 4.69) is 0 Å². The zero-order valence-corrected chi connectivity index (χ0v) is 11.5. The van der Waals surface area contributed by atoms with Gasteiger partial charge in [0.05, 0.1) is 11.1 Å². The molecule has 112 valence electrons. The van der Waals surface area contributed by atoms with Gasteiger partial charge in [0.15, 0.2) is 0 Å². The van der Waals surface area contributed by atoms with Crippen LogP contribution in [-0.2, 0) is 4.74 Å². The highest BCUT2D eigenvalue weighted by Gasteiger charge is 2.44. The topological polar surface area (TPSA) is 87.1 Å².